The van der Waals surface area contributed by atoms with Crippen LogP contribution in [0.2, 0.25) is 0 Å². The number of likely N-dealkylation sites (N-methyl/N-ethyl adjacent to an activating group) is 1. The summed E-state index contributed by atoms with van der Waals surface area (Å²) in [7, 11) is 3.62. The van der Waals surface area contributed by atoms with Crippen molar-refractivity contribution < 1.29 is 14.2 Å². The van der Waals surface area contributed by atoms with Crippen molar-refractivity contribution in [1.82, 2.24) is 5.32 Å². The molecule has 0 unspecified atom stereocenters. The number of rotatable bonds is 10. The van der Waals surface area contributed by atoms with E-state index < -0.39 is 0 Å². The van der Waals surface area contributed by atoms with Crippen LogP contribution in [0.3, 0.4) is 0 Å². The van der Waals surface area contributed by atoms with Gasteiger partial charge in [-0.05, 0) is 27.3 Å². The quantitative estimate of drug-likeness (QED) is 0.558. The molecule has 0 fully saturated rings. The van der Waals surface area contributed by atoms with Gasteiger partial charge in [0.1, 0.15) is 0 Å². The van der Waals surface area contributed by atoms with Crippen LogP contribution in [0.1, 0.15) is 20.3 Å². The summed E-state index contributed by atoms with van der Waals surface area (Å²) >= 11 is 0. The predicted molar refractivity (Wildman–Crippen MR) is 61.3 cm³/mol. The highest BCUT2D eigenvalue weighted by Crippen LogP contribution is 2.06. The molecule has 0 aromatic heterocycles. The first kappa shape index (κ1) is 14.8. The largest absolute Gasteiger partial charge is 0.385 e. The number of methoxy groups -OCH3 is 1. The summed E-state index contributed by atoms with van der Waals surface area (Å²) in [5.74, 6) is 0. The van der Waals surface area contributed by atoms with Gasteiger partial charge in [0.2, 0.25) is 0 Å². The van der Waals surface area contributed by atoms with Crippen molar-refractivity contribution in [3.8, 4) is 0 Å². The minimum absolute atomic E-state index is 0.120. The molecule has 0 atom stereocenters. The van der Waals surface area contributed by atoms with Crippen LogP contribution in [0.15, 0.2) is 0 Å². The molecule has 0 heterocycles. The molecule has 0 radical (unpaired) electrons. The van der Waals surface area contributed by atoms with Crippen molar-refractivity contribution in [3.63, 3.8) is 0 Å². The van der Waals surface area contributed by atoms with E-state index in [2.05, 4.69) is 19.2 Å². The summed E-state index contributed by atoms with van der Waals surface area (Å²) in [4.78, 5) is 0. The molecule has 0 spiro atoms. The lowest BCUT2D eigenvalue weighted by molar-refractivity contribution is -0.0450. The van der Waals surface area contributed by atoms with Crippen molar-refractivity contribution in [1.29, 1.82) is 0 Å². The summed E-state index contributed by atoms with van der Waals surface area (Å²) in [5.41, 5.74) is -0.120. The number of nitrogens with one attached hydrogen (secondary N) is 1. The SMILES string of the molecule is CNCC(C)(C)OCCOCCCOC. The second-order valence-corrected chi connectivity index (χ2v) is 4.10. The highest BCUT2D eigenvalue weighted by Gasteiger charge is 2.16. The molecule has 0 saturated carbocycles. The third-order valence-electron chi connectivity index (χ3n) is 1.96. The van der Waals surface area contributed by atoms with Crippen LogP contribution in [0, 0.1) is 0 Å². The van der Waals surface area contributed by atoms with E-state index in [4.69, 9.17) is 14.2 Å². The van der Waals surface area contributed by atoms with Gasteiger partial charge in [0.15, 0.2) is 0 Å². The van der Waals surface area contributed by atoms with Gasteiger partial charge in [-0.3, -0.25) is 0 Å². The minimum Gasteiger partial charge on any atom is -0.385 e. The molecule has 4 heteroatoms. The van der Waals surface area contributed by atoms with Gasteiger partial charge in [-0.25, -0.2) is 0 Å². The van der Waals surface area contributed by atoms with E-state index in [0.717, 1.165) is 26.2 Å². The van der Waals surface area contributed by atoms with Crippen LogP contribution in [0.4, 0.5) is 0 Å². The Kier molecular flexibility index (Phi) is 9.00. The Morgan fingerprint density at radius 1 is 1.07 bits per heavy atom. The molecular weight excluding hydrogens is 194 g/mol. The van der Waals surface area contributed by atoms with Crippen LogP contribution >= 0.6 is 0 Å². The standard InChI is InChI=1S/C11H25NO3/c1-11(2,10-12-3)15-9-8-14-7-5-6-13-4/h12H,5-10H2,1-4H3. The monoisotopic (exact) mass is 219 g/mol. The molecule has 15 heavy (non-hydrogen) atoms. The van der Waals surface area contributed by atoms with E-state index in [9.17, 15) is 0 Å². The van der Waals surface area contributed by atoms with E-state index in [0.29, 0.717) is 13.2 Å². The summed E-state index contributed by atoms with van der Waals surface area (Å²) in [6.45, 7) is 7.76. The summed E-state index contributed by atoms with van der Waals surface area (Å²) < 4.78 is 16.0. The van der Waals surface area contributed by atoms with Crippen LogP contribution in [-0.4, -0.2) is 52.7 Å². The van der Waals surface area contributed by atoms with Crippen LogP contribution in [-0.2, 0) is 14.2 Å². The van der Waals surface area contributed by atoms with Gasteiger partial charge < -0.3 is 19.5 Å². The van der Waals surface area contributed by atoms with E-state index >= 15 is 0 Å². The zero-order chi connectivity index (χ0) is 11.6. The van der Waals surface area contributed by atoms with E-state index in [1.165, 1.54) is 0 Å². The minimum atomic E-state index is -0.120. The van der Waals surface area contributed by atoms with Crippen molar-refractivity contribution >= 4 is 0 Å². The molecule has 0 aromatic carbocycles. The molecular formula is C11H25NO3. The Bertz CT molecular complexity index is 140. The molecule has 0 amide bonds. The Morgan fingerprint density at radius 2 is 1.80 bits per heavy atom. The van der Waals surface area contributed by atoms with E-state index in [-0.39, 0.29) is 5.60 Å². The van der Waals surface area contributed by atoms with Gasteiger partial charge in [0.25, 0.3) is 0 Å². The lowest BCUT2D eigenvalue weighted by Crippen LogP contribution is -2.36. The zero-order valence-corrected chi connectivity index (χ0v) is 10.5. The number of hydrogen-bond acceptors (Lipinski definition) is 4. The van der Waals surface area contributed by atoms with Crippen molar-refractivity contribution in [3.05, 3.63) is 0 Å². The Labute approximate surface area is 93.3 Å². The molecule has 0 aromatic rings. The lowest BCUT2D eigenvalue weighted by atomic mass is 10.1. The fraction of sp³-hybridized carbons (Fsp3) is 1.00. The lowest BCUT2D eigenvalue weighted by Gasteiger charge is -2.24. The smallest absolute Gasteiger partial charge is 0.0751 e. The third kappa shape index (κ3) is 10.1. The molecule has 1 N–H and O–H groups in total. The normalized spacial score (nSPS) is 12.0. The van der Waals surface area contributed by atoms with E-state index in [1.807, 2.05) is 7.05 Å². The summed E-state index contributed by atoms with van der Waals surface area (Å²) in [5, 5.41) is 3.09. The van der Waals surface area contributed by atoms with Gasteiger partial charge in [0, 0.05) is 26.9 Å². The zero-order valence-electron chi connectivity index (χ0n) is 10.5. The maximum absolute atomic E-state index is 5.66. The maximum atomic E-state index is 5.66. The molecule has 0 aliphatic carbocycles. The number of hydrogen-bond donors (Lipinski definition) is 1. The molecule has 92 valence electrons. The maximum Gasteiger partial charge on any atom is 0.0751 e. The van der Waals surface area contributed by atoms with Gasteiger partial charge >= 0.3 is 0 Å². The first-order valence-electron chi connectivity index (χ1n) is 5.47. The Balaban J connectivity index is 3.22. The molecule has 0 rings (SSSR count). The molecule has 0 aliphatic rings. The molecule has 0 aliphatic heterocycles. The fourth-order valence-electron chi connectivity index (χ4n) is 1.26. The number of ether oxygens (including phenoxy) is 3. The van der Waals surface area contributed by atoms with Crippen LogP contribution in [0.25, 0.3) is 0 Å². The average Bonchev–Trinajstić information content (AvgIpc) is 2.16. The van der Waals surface area contributed by atoms with Crippen molar-refractivity contribution in [2.75, 3.05) is 47.1 Å². The van der Waals surface area contributed by atoms with Crippen LogP contribution in [0.5, 0.6) is 0 Å². The first-order valence-corrected chi connectivity index (χ1v) is 5.47. The van der Waals surface area contributed by atoms with Crippen molar-refractivity contribution in [2.24, 2.45) is 0 Å². The highest BCUT2D eigenvalue weighted by atomic mass is 16.5. The fourth-order valence-corrected chi connectivity index (χ4v) is 1.26. The van der Waals surface area contributed by atoms with Gasteiger partial charge in [-0.2, -0.15) is 0 Å². The van der Waals surface area contributed by atoms with Gasteiger partial charge in [-0.15, -0.1) is 0 Å². The topological polar surface area (TPSA) is 39.7 Å². The predicted octanol–water partition coefficient (Wildman–Crippen LogP) is 1.05. The second-order valence-electron chi connectivity index (χ2n) is 4.10. The van der Waals surface area contributed by atoms with Gasteiger partial charge in [0.05, 0.1) is 18.8 Å². The molecule has 4 nitrogen and oxygen atoms in total. The van der Waals surface area contributed by atoms with Crippen molar-refractivity contribution in [2.45, 2.75) is 25.9 Å². The van der Waals surface area contributed by atoms with Crippen LogP contribution < -0.4 is 5.32 Å². The van der Waals surface area contributed by atoms with E-state index in [1.54, 1.807) is 7.11 Å². The second kappa shape index (κ2) is 9.09. The summed E-state index contributed by atoms with van der Waals surface area (Å²) in [6.07, 6.45) is 0.941. The first-order chi connectivity index (χ1) is 7.12. The van der Waals surface area contributed by atoms with Gasteiger partial charge in [-0.1, -0.05) is 0 Å². The highest BCUT2D eigenvalue weighted by molar-refractivity contribution is 4.70. The Hall–Kier alpha value is -0.160. The average molecular weight is 219 g/mol. The Morgan fingerprint density at radius 3 is 2.40 bits per heavy atom. The molecule has 0 bridgehead atoms. The third-order valence-corrected chi connectivity index (χ3v) is 1.96. The summed E-state index contributed by atoms with van der Waals surface area (Å²) in [6, 6.07) is 0. The molecule has 0 saturated heterocycles.